The van der Waals surface area contributed by atoms with Gasteiger partial charge in [-0.05, 0) is 98.9 Å². The Kier molecular flexibility index (Phi) is 10.9. The van der Waals surface area contributed by atoms with E-state index in [2.05, 4.69) is 70.7 Å². The lowest BCUT2D eigenvalue weighted by Crippen LogP contribution is -2.16. The van der Waals surface area contributed by atoms with Crippen molar-refractivity contribution in [1.29, 1.82) is 5.26 Å². The zero-order valence-corrected chi connectivity index (χ0v) is 24.8. The third kappa shape index (κ3) is 7.51. The summed E-state index contributed by atoms with van der Waals surface area (Å²) in [6.45, 7) is 13.9. The van der Waals surface area contributed by atoms with E-state index in [4.69, 9.17) is 9.47 Å². The van der Waals surface area contributed by atoms with Gasteiger partial charge in [0.25, 0.3) is 0 Å². The first-order valence-corrected chi connectivity index (χ1v) is 14.1. The van der Waals surface area contributed by atoms with E-state index >= 15 is 0 Å². The second-order valence-corrected chi connectivity index (χ2v) is 10.3. The summed E-state index contributed by atoms with van der Waals surface area (Å²) in [5.41, 5.74) is 8.74. The number of hydrogen-bond donors (Lipinski definition) is 0. The molecule has 3 aromatic carbocycles. The molecule has 0 fully saturated rings. The molecule has 1 unspecified atom stereocenters. The molecule has 3 aromatic rings. The average Bonchev–Trinajstić information content (AvgIpc) is 2.95. The molecule has 4 heteroatoms. The number of carbonyl (C=O) groups is 1. The van der Waals surface area contributed by atoms with Gasteiger partial charge in [0.1, 0.15) is 17.6 Å². The predicted octanol–water partition coefficient (Wildman–Crippen LogP) is 9.46. The van der Waals surface area contributed by atoms with Gasteiger partial charge in [-0.25, -0.2) is 0 Å². The van der Waals surface area contributed by atoms with E-state index in [1.165, 1.54) is 11.1 Å². The molecule has 3 rings (SSSR count). The SMILES string of the molecule is C=C(C)CCCC(CC)Oc1ccc(-c2cccc(/C=C(\C)c3ccc(C(C)=O)cc3OC)c2CC)cc1C#N. The van der Waals surface area contributed by atoms with Gasteiger partial charge in [-0.3, -0.25) is 4.79 Å². The third-order valence-corrected chi connectivity index (χ3v) is 7.26. The molecule has 0 aliphatic heterocycles. The van der Waals surface area contributed by atoms with Crippen molar-refractivity contribution in [3.05, 3.63) is 94.6 Å². The quantitative estimate of drug-likeness (QED) is 0.124. The summed E-state index contributed by atoms with van der Waals surface area (Å²) in [6.07, 6.45) is 6.90. The molecule has 208 valence electrons. The van der Waals surface area contributed by atoms with Crippen LogP contribution >= 0.6 is 0 Å². The highest BCUT2D eigenvalue weighted by molar-refractivity contribution is 5.95. The van der Waals surface area contributed by atoms with Crippen molar-refractivity contribution in [3.8, 4) is 28.7 Å². The maximum atomic E-state index is 11.8. The standard InChI is InChI=1S/C36H41NO3/c1-8-31(14-10-12-24(3)4)40-35-19-17-29(21-30(35)23-37)34-15-11-13-28(32(34)9-2)20-25(5)33-18-16-27(26(6)38)22-36(33)39-7/h11,13,15-22,31H,3,8-10,12,14H2,1-2,4-7H3/b25-20+. The van der Waals surface area contributed by atoms with Gasteiger partial charge in [0, 0.05) is 11.1 Å². The first-order chi connectivity index (χ1) is 19.2. The lowest BCUT2D eigenvalue weighted by molar-refractivity contribution is 0.101. The van der Waals surface area contributed by atoms with Crippen LogP contribution in [0.5, 0.6) is 11.5 Å². The number of hydrogen-bond acceptors (Lipinski definition) is 4. The van der Waals surface area contributed by atoms with Crippen molar-refractivity contribution in [2.75, 3.05) is 7.11 Å². The van der Waals surface area contributed by atoms with Crippen LogP contribution in [0, 0.1) is 11.3 Å². The van der Waals surface area contributed by atoms with Gasteiger partial charge in [0.2, 0.25) is 0 Å². The fraction of sp³-hybridized carbons (Fsp3) is 0.333. The zero-order valence-electron chi connectivity index (χ0n) is 24.8. The van der Waals surface area contributed by atoms with E-state index in [0.717, 1.165) is 59.9 Å². The monoisotopic (exact) mass is 535 g/mol. The summed E-state index contributed by atoms with van der Waals surface area (Å²) in [5.74, 6) is 1.32. The average molecular weight is 536 g/mol. The lowest BCUT2D eigenvalue weighted by atomic mass is 9.91. The number of ketones is 1. The Labute approximate surface area is 240 Å². The molecule has 0 saturated carbocycles. The number of methoxy groups -OCH3 is 1. The molecule has 0 amide bonds. The molecule has 0 saturated heterocycles. The van der Waals surface area contributed by atoms with Gasteiger partial charge in [0.15, 0.2) is 5.78 Å². The molecular formula is C36H41NO3. The summed E-state index contributed by atoms with van der Waals surface area (Å²) in [7, 11) is 1.62. The van der Waals surface area contributed by atoms with E-state index < -0.39 is 0 Å². The Hall–Kier alpha value is -4.10. The molecule has 0 bridgehead atoms. The molecule has 0 aliphatic rings. The molecule has 0 aromatic heterocycles. The molecule has 4 nitrogen and oxygen atoms in total. The highest BCUT2D eigenvalue weighted by Crippen LogP contribution is 2.34. The van der Waals surface area contributed by atoms with Crippen molar-refractivity contribution in [3.63, 3.8) is 0 Å². The summed E-state index contributed by atoms with van der Waals surface area (Å²) in [4.78, 5) is 11.8. The Morgan fingerprint density at radius 2 is 1.82 bits per heavy atom. The van der Waals surface area contributed by atoms with Crippen LogP contribution < -0.4 is 9.47 Å². The summed E-state index contributed by atoms with van der Waals surface area (Å²) < 4.78 is 11.9. The maximum absolute atomic E-state index is 11.8. The van der Waals surface area contributed by atoms with Gasteiger partial charge in [-0.2, -0.15) is 5.26 Å². The van der Waals surface area contributed by atoms with Gasteiger partial charge in [-0.15, -0.1) is 6.58 Å². The van der Waals surface area contributed by atoms with Crippen molar-refractivity contribution < 1.29 is 14.3 Å². The second kappa shape index (κ2) is 14.3. The number of benzene rings is 3. The molecule has 0 heterocycles. The number of carbonyl (C=O) groups excluding carboxylic acids is 1. The minimum Gasteiger partial charge on any atom is -0.496 e. The highest BCUT2D eigenvalue weighted by Gasteiger charge is 2.15. The van der Waals surface area contributed by atoms with Gasteiger partial charge in [-0.1, -0.05) is 61.9 Å². The first-order valence-electron chi connectivity index (χ1n) is 14.1. The van der Waals surface area contributed by atoms with Gasteiger partial charge in [0.05, 0.1) is 18.8 Å². The third-order valence-electron chi connectivity index (χ3n) is 7.26. The molecule has 0 aliphatic carbocycles. The van der Waals surface area contributed by atoms with E-state index in [-0.39, 0.29) is 11.9 Å². The minimum absolute atomic E-state index is 0.00797. The fourth-order valence-corrected chi connectivity index (χ4v) is 5.00. The van der Waals surface area contributed by atoms with Gasteiger partial charge < -0.3 is 9.47 Å². The Morgan fingerprint density at radius 1 is 1.05 bits per heavy atom. The van der Waals surface area contributed by atoms with Crippen molar-refractivity contribution >= 4 is 17.4 Å². The normalized spacial score (nSPS) is 12.0. The first kappa shape index (κ1) is 30.4. The van der Waals surface area contributed by atoms with Gasteiger partial charge >= 0.3 is 0 Å². The van der Waals surface area contributed by atoms with Crippen LogP contribution in [0.3, 0.4) is 0 Å². The smallest absolute Gasteiger partial charge is 0.159 e. The molecule has 0 radical (unpaired) electrons. The van der Waals surface area contributed by atoms with E-state index in [9.17, 15) is 10.1 Å². The highest BCUT2D eigenvalue weighted by atomic mass is 16.5. The number of nitriles is 1. The number of nitrogens with zero attached hydrogens (tertiary/aromatic N) is 1. The van der Waals surface area contributed by atoms with Crippen LogP contribution in [0.2, 0.25) is 0 Å². The van der Waals surface area contributed by atoms with Crippen LogP contribution in [0.25, 0.3) is 22.8 Å². The van der Waals surface area contributed by atoms with Crippen LogP contribution in [-0.2, 0) is 6.42 Å². The molecule has 0 spiro atoms. The Bertz CT molecular complexity index is 1440. The molecule has 1 atom stereocenters. The number of Topliss-reactive ketones (excluding diaryl/α,β-unsaturated/α-hetero) is 1. The van der Waals surface area contributed by atoms with E-state index in [1.807, 2.05) is 24.3 Å². The van der Waals surface area contributed by atoms with Crippen molar-refractivity contribution in [2.24, 2.45) is 0 Å². The Morgan fingerprint density at radius 3 is 2.45 bits per heavy atom. The van der Waals surface area contributed by atoms with E-state index in [0.29, 0.717) is 22.6 Å². The lowest BCUT2D eigenvalue weighted by Gasteiger charge is -2.19. The summed E-state index contributed by atoms with van der Waals surface area (Å²) >= 11 is 0. The zero-order chi connectivity index (χ0) is 29.2. The molecular weight excluding hydrogens is 494 g/mol. The largest absolute Gasteiger partial charge is 0.496 e. The van der Waals surface area contributed by atoms with E-state index in [1.54, 1.807) is 20.1 Å². The minimum atomic E-state index is 0.00797. The van der Waals surface area contributed by atoms with Crippen LogP contribution in [-0.4, -0.2) is 19.0 Å². The van der Waals surface area contributed by atoms with Crippen LogP contribution in [0.4, 0.5) is 0 Å². The maximum Gasteiger partial charge on any atom is 0.159 e. The summed E-state index contributed by atoms with van der Waals surface area (Å²) in [5, 5.41) is 9.97. The van der Waals surface area contributed by atoms with Crippen LogP contribution in [0.1, 0.15) is 92.9 Å². The molecule has 40 heavy (non-hydrogen) atoms. The predicted molar refractivity (Wildman–Crippen MR) is 166 cm³/mol. The fourth-order valence-electron chi connectivity index (χ4n) is 5.00. The Balaban J connectivity index is 1.95. The summed E-state index contributed by atoms with van der Waals surface area (Å²) in [6, 6.07) is 20.1. The van der Waals surface area contributed by atoms with Crippen LogP contribution in [0.15, 0.2) is 66.7 Å². The number of allylic oxidation sites excluding steroid dienone is 2. The topological polar surface area (TPSA) is 59.3 Å². The number of ether oxygens (including phenoxy) is 2. The molecule has 0 N–H and O–H groups in total. The second-order valence-electron chi connectivity index (χ2n) is 10.3. The van der Waals surface area contributed by atoms with Crippen molar-refractivity contribution in [2.45, 2.75) is 72.8 Å². The number of rotatable bonds is 13. The van der Waals surface area contributed by atoms with Crippen molar-refractivity contribution in [1.82, 2.24) is 0 Å².